The molecule has 1 fully saturated rings. The van der Waals surface area contributed by atoms with Crippen molar-refractivity contribution < 1.29 is 14.8 Å². The first-order valence-corrected chi connectivity index (χ1v) is 6.16. The molecular weight excluding hydrogens is 248 g/mol. The van der Waals surface area contributed by atoms with Gasteiger partial charge < -0.3 is 10.0 Å². The fourth-order valence-electron chi connectivity index (χ4n) is 2.21. The SMILES string of the molecule is CC(C1CC1)N(C)c1cc(C(=O)O)ccc1[N+](=O)[O-]. The number of hydrogen-bond donors (Lipinski definition) is 1. The van der Waals surface area contributed by atoms with Gasteiger partial charge in [0.15, 0.2) is 0 Å². The Hall–Kier alpha value is -2.11. The summed E-state index contributed by atoms with van der Waals surface area (Å²) in [4.78, 5) is 23.4. The number of anilines is 1. The van der Waals surface area contributed by atoms with Crippen molar-refractivity contribution in [3.8, 4) is 0 Å². The van der Waals surface area contributed by atoms with Crippen LogP contribution in [0.2, 0.25) is 0 Å². The Bertz CT molecular complexity index is 525. The summed E-state index contributed by atoms with van der Waals surface area (Å²) in [6.45, 7) is 2.01. The van der Waals surface area contributed by atoms with Crippen LogP contribution < -0.4 is 4.90 Å². The number of hydrogen-bond acceptors (Lipinski definition) is 4. The lowest BCUT2D eigenvalue weighted by Gasteiger charge is -2.26. The van der Waals surface area contributed by atoms with Gasteiger partial charge in [0.1, 0.15) is 5.69 Å². The number of carboxylic acids is 1. The molecule has 0 heterocycles. The molecule has 1 N–H and O–H groups in total. The summed E-state index contributed by atoms with van der Waals surface area (Å²) in [6.07, 6.45) is 2.25. The summed E-state index contributed by atoms with van der Waals surface area (Å²) in [6, 6.07) is 4.07. The number of nitro benzene ring substituents is 1. The summed E-state index contributed by atoms with van der Waals surface area (Å²) in [5.74, 6) is -0.540. The van der Waals surface area contributed by atoms with Gasteiger partial charge >= 0.3 is 5.97 Å². The predicted octanol–water partition coefficient (Wildman–Crippen LogP) is 2.53. The third-order valence-corrected chi connectivity index (χ3v) is 3.71. The van der Waals surface area contributed by atoms with Gasteiger partial charge in [0.2, 0.25) is 0 Å². The Morgan fingerprint density at radius 2 is 2.16 bits per heavy atom. The molecule has 1 unspecified atom stereocenters. The van der Waals surface area contributed by atoms with E-state index in [2.05, 4.69) is 0 Å². The molecular formula is C13H16N2O4. The molecule has 102 valence electrons. The topological polar surface area (TPSA) is 83.7 Å². The Labute approximate surface area is 110 Å². The normalized spacial score (nSPS) is 15.9. The van der Waals surface area contributed by atoms with Crippen molar-refractivity contribution in [2.45, 2.75) is 25.8 Å². The second-order valence-corrected chi connectivity index (χ2v) is 4.95. The second kappa shape index (κ2) is 4.87. The summed E-state index contributed by atoms with van der Waals surface area (Å²) < 4.78 is 0. The molecule has 0 radical (unpaired) electrons. The second-order valence-electron chi connectivity index (χ2n) is 4.95. The van der Waals surface area contributed by atoms with Crippen molar-refractivity contribution in [3.63, 3.8) is 0 Å². The van der Waals surface area contributed by atoms with Crippen molar-refractivity contribution in [1.29, 1.82) is 0 Å². The minimum Gasteiger partial charge on any atom is -0.478 e. The van der Waals surface area contributed by atoms with E-state index in [0.29, 0.717) is 11.6 Å². The third kappa shape index (κ3) is 2.67. The van der Waals surface area contributed by atoms with E-state index >= 15 is 0 Å². The zero-order chi connectivity index (χ0) is 14.2. The van der Waals surface area contributed by atoms with Crippen LogP contribution in [0.25, 0.3) is 0 Å². The maximum atomic E-state index is 11.0. The standard InChI is InChI=1S/C13H16N2O4/c1-8(9-3-4-9)14(2)12-7-10(13(16)17)5-6-11(12)15(18)19/h5-9H,3-4H2,1-2H3,(H,16,17). The van der Waals surface area contributed by atoms with Crippen LogP contribution >= 0.6 is 0 Å². The predicted molar refractivity (Wildman–Crippen MR) is 70.6 cm³/mol. The zero-order valence-electron chi connectivity index (χ0n) is 10.9. The van der Waals surface area contributed by atoms with Crippen LogP contribution in [-0.4, -0.2) is 29.1 Å². The van der Waals surface area contributed by atoms with E-state index in [9.17, 15) is 14.9 Å². The van der Waals surface area contributed by atoms with Gasteiger partial charge in [-0.05, 0) is 37.8 Å². The summed E-state index contributed by atoms with van der Waals surface area (Å²) in [5, 5.41) is 20.0. The Kier molecular flexibility index (Phi) is 3.42. The first-order chi connectivity index (χ1) is 8.91. The molecule has 0 spiro atoms. The van der Waals surface area contributed by atoms with Gasteiger partial charge in [-0.25, -0.2) is 4.79 Å². The van der Waals surface area contributed by atoms with E-state index in [-0.39, 0.29) is 17.3 Å². The van der Waals surface area contributed by atoms with Crippen LogP contribution in [-0.2, 0) is 0 Å². The maximum absolute atomic E-state index is 11.0. The highest BCUT2D eigenvalue weighted by molar-refractivity contribution is 5.90. The van der Waals surface area contributed by atoms with E-state index in [1.165, 1.54) is 18.2 Å². The molecule has 1 aromatic carbocycles. The summed E-state index contributed by atoms with van der Waals surface area (Å²) in [7, 11) is 1.77. The lowest BCUT2D eigenvalue weighted by atomic mass is 10.1. The van der Waals surface area contributed by atoms with Crippen LogP contribution in [0.5, 0.6) is 0 Å². The number of carbonyl (C=O) groups is 1. The molecule has 1 atom stereocenters. The Morgan fingerprint density at radius 3 is 2.63 bits per heavy atom. The Balaban J connectivity index is 2.41. The lowest BCUT2D eigenvalue weighted by molar-refractivity contribution is -0.384. The maximum Gasteiger partial charge on any atom is 0.335 e. The number of rotatable bonds is 5. The van der Waals surface area contributed by atoms with Crippen molar-refractivity contribution >= 4 is 17.3 Å². The van der Waals surface area contributed by atoms with Crippen molar-refractivity contribution in [2.75, 3.05) is 11.9 Å². The number of nitro groups is 1. The van der Waals surface area contributed by atoms with Gasteiger partial charge in [-0.2, -0.15) is 0 Å². The molecule has 0 aromatic heterocycles. The van der Waals surface area contributed by atoms with Gasteiger partial charge in [-0.15, -0.1) is 0 Å². The van der Waals surface area contributed by atoms with Crippen molar-refractivity contribution in [2.24, 2.45) is 5.92 Å². The van der Waals surface area contributed by atoms with Gasteiger partial charge in [0, 0.05) is 19.2 Å². The third-order valence-electron chi connectivity index (χ3n) is 3.71. The van der Waals surface area contributed by atoms with Crippen LogP contribution in [0.4, 0.5) is 11.4 Å². The van der Waals surface area contributed by atoms with E-state index in [1.54, 1.807) is 7.05 Å². The highest BCUT2D eigenvalue weighted by Crippen LogP contribution is 2.38. The number of carboxylic acid groups (broad SMARTS) is 1. The lowest BCUT2D eigenvalue weighted by Crippen LogP contribution is -2.31. The van der Waals surface area contributed by atoms with E-state index in [4.69, 9.17) is 5.11 Å². The minimum absolute atomic E-state index is 0.0556. The van der Waals surface area contributed by atoms with Crippen LogP contribution in [0.3, 0.4) is 0 Å². The van der Waals surface area contributed by atoms with Gasteiger partial charge in [-0.1, -0.05) is 0 Å². The monoisotopic (exact) mass is 264 g/mol. The molecule has 2 rings (SSSR count). The van der Waals surface area contributed by atoms with Crippen molar-refractivity contribution in [1.82, 2.24) is 0 Å². The van der Waals surface area contributed by atoms with Crippen LogP contribution in [0.15, 0.2) is 18.2 Å². The quantitative estimate of drug-likeness (QED) is 0.652. The smallest absolute Gasteiger partial charge is 0.335 e. The minimum atomic E-state index is -1.08. The molecule has 6 nitrogen and oxygen atoms in total. The average molecular weight is 264 g/mol. The van der Waals surface area contributed by atoms with E-state index in [0.717, 1.165) is 12.8 Å². The van der Waals surface area contributed by atoms with E-state index in [1.807, 2.05) is 11.8 Å². The largest absolute Gasteiger partial charge is 0.478 e. The average Bonchev–Trinajstić information content (AvgIpc) is 3.20. The van der Waals surface area contributed by atoms with Crippen LogP contribution in [0, 0.1) is 16.0 Å². The molecule has 6 heteroatoms. The zero-order valence-corrected chi connectivity index (χ0v) is 10.9. The van der Waals surface area contributed by atoms with E-state index < -0.39 is 10.9 Å². The molecule has 0 amide bonds. The summed E-state index contributed by atoms with van der Waals surface area (Å²) >= 11 is 0. The summed E-state index contributed by atoms with van der Waals surface area (Å²) in [5.41, 5.74) is 0.375. The number of aromatic carboxylic acids is 1. The number of benzene rings is 1. The van der Waals surface area contributed by atoms with Gasteiger partial charge in [0.05, 0.1) is 10.5 Å². The molecule has 0 saturated heterocycles. The fourth-order valence-corrected chi connectivity index (χ4v) is 2.21. The highest BCUT2D eigenvalue weighted by atomic mass is 16.6. The Morgan fingerprint density at radius 1 is 1.53 bits per heavy atom. The first kappa shape index (κ1) is 13.3. The fraction of sp³-hybridized carbons (Fsp3) is 0.462. The molecule has 0 aliphatic heterocycles. The highest BCUT2D eigenvalue weighted by Gasteiger charge is 2.33. The molecule has 1 aliphatic carbocycles. The molecule has 19 heavy (non-hydrogen) atoms. The van der Waals surface area contributed by atoms with Crippen LogP contribution in [0.1, 0.15) is 30.1 Å². The molecule has 1 aliphatic rings. The first-order valence-electron chi connectivity index (χ1n) is 6.16. The van der Waals surface area contributed by atoms with Crippen molar-refractivity contribution in [3.05, 3.63) is 33.9 Å². The molecule has 0 bridgehead atoms. The molecule has 1 aromatic rings. The van der Waals surface area contributed by atoms with Gasteiger partial charge in [-0.3, -0.25) is 10.1 Å². The molecule has 1 saturated carbocycles. The van der Waals surface area contributed by atoms with Gasteiger partial charge in [0.25, 0.3) is 5.69 Å². The number of nitrogens with zero attached hydrogens (tertiary/aromatic N) is 2.